The van der Waals surface area contributed by atoms with E-state index in [1.54, 1.807) is 30.2 Å². The standard InChI is InChI=1S/C19H16N2OS3/c1-22-16-8-6-13(7-9-16)18-20-15(11-23-18)12-25-19-21-17-5-3-2-4-14(17)10-24-19/h2-9,11H,10,12H2,1H3. The molecule has 126 valence electrons. The van der Waals surface area contributed by atoms with E-state index in [9.17, 15) is 0 Å². The van der Waals surface area contributed by atoms with Crippen LogP contribution >= 0.6 is 34.9 Å². The summed E-state index contributed by atoms with van der Waals surface area (Å²) in [4.78, 5) is 9.51. The normalized spacial score (nSPS) is 13.2. The molecule has 0 fully saturated rings. The van der Waals surface area contributed by atoms with Crippen molar-refractivity contribution < 1.29 is 4.74 Å². The number of aliphatic imine (C=N–C) groups is 1. The van der Waals surface area contributed by atoms with Crippen molar-refractivity contribution in [2.75, 3.05) is 7.11 Å². The molecule has 1 aromatic heterocycles. The van der Waals surface area contributed by atoms with Crippen LogP contribution in [0.2, 0.25) is 0 Å². The summed E-state index contributed by atoms with van der Waals surface area (Å²) in [7, 11) is 1.68. The average Bonchev–Trinajstić information content (AvgIpc) is 3.15. The van der Waals surface area contributed by atoms with E-state index in [1.807, 2.05) is 42.1 Å². The zero-order valence-corrected chi connectivity index (χ0v) is 16.1. The van der Waals surface area contributed by atoms with Crippen LogP contribution in [-0.4, -0.2) is 16.5 Å². The molecule has 1 aliphatic heterocycles. The lowest BCUT2D eigenvalue weighted by molar-refractivity contribution is 0.415. The molecule has 2 aromatic carbocycles. The van der Waals surface area contributed by atoms with Gasteiger partial charge in [0.05, 0.1) is 18.5 Å². The summed E-state index contributed by atoms with van der Waals surface area (Å²) in [5.41, 5.74) is 4.64. The van der Waals surface area contributed by atoms with Gasteiger partial charge < -0.3 is 4.74 Å². The number of rotatable bonds is 4. The fraction of sp³-hybridized carbons (Fsp3) is 0.158. The fourth-order valence-corrected chi connectivity index (χ4v) is 5.35. The molecule has 0 bridgehead atoms. The van der Waals surface area contributed by atoms with Gasteiger partial charge in [-0.05, 0) is 35.9 Å². The Bertz CT molecular complexity index is 903. The summed E-state index contributed by atoms with van der Waals surface area (Å²) in [6.45, 7) is 0. The van der Waals surface area contributed by atoms with Gasteiger partial charge in [0, 0.05) is 22.4 Å². The number of aromatic nitrogens is 1. The molecule has 0 radical (unpaired) electrons. The van der Waals surface area contributed by atoms with Crippen molar-refractivity contribution in [1.82, 2.24) is 4.98 Å². The summed E-state index contributed by atoms with van der Waals surface area (Å²) in [5.74, 6) is 2.71. The van der Waals surface area contributed by atoms with Gasteiger partial charge in [-0.2, -0.15) is 0 Å². The average molecular weight is 385 g/mol. The molecule has 0 amide bonds. The smallest absolute Gasteiger partial charge is 0.131 e. The minimum atomic E-state index is 0.848. The Hall–Kier alpha value is -1.76. The van der Waals surface area contributed by atoms with E-state index in [4.69, 9.17) is 14.7 Å². The molecule has 3 aromatic rings. The zero-order chi connectivity index (χ0) is 17.1. The van der Waals surface area contributed by atoms with Crippen molar-refractivity contribution >= 4 is 44.9 Å². The summed E-state index contributed by atoms with van der Waals surface area (Å²) < 4.78 is 6.33. The first-order valence-corrected chi connectivity index (χ1v) is 10.7. The van der Waals surface area contributed by atoms with E-state index in [0.717, 1.165) is 43.6 Å². The Balaban J connectivity index is 1.42. The van der Waals surface area contributed by atoms with E-state index >= 15 is 0 Å². The Morgan fingerprint density at radius 2 is 1.96 bits per heavy atom. The SMILES string of the molecule is COc1ccc(-c2nc(CSC3=Nc4ccccc4CS3)cs2)cc1. The Morgan fingerprint density at radius 1 is 1.12 bits per heavy atom. The second-order valence-electron chi connectivity index (χ2n) is 5.46. The first-order valence-electron chi connectivity index (χ1n) is 7.83. The Morgan fingerprint density at radius 3 is 2.80 bits per heavy atom. The third kappa shape index (κ3) is 3.92. The highest BCUT2D eigenvalue weighted by molar-refractivity contribution is 8.38. The molecule has 6 heteroatoms. The van der Waals surface area contributed by atoms with Gasteiger partial charge in [-0.25, -0.2) is 9.98 Å². The maximum Gasteiger partial charge on any atom is 0.131 e. The van der Waals surface area contributed by atoms with Gasteiger partial charge in [0.2, 0.25) is 0 Å². The predicted molar refractivity (Wildman–Crippen MR) is 110 cm³/mol. The third-order valence-electron chi connectivity index (χ3n) is 3.79. The molecule has 3 nitrogen and oxygen atoms in total. The molecule has 25 heavy (non-hydrogen) atoms. The number of hydrogen-bond donors (Lipinski definition) is 0. The first kappa shape index (κ1) is 16.7. The second-order valence-corrected chi connectivity index (χ2v) is 8.50. The zero-order valence-electron chi connectivity index (χ0n) is 13.6. The number of methoxy groups -OCH3 is 1. The van der Waals surface area contributed by atoms with Gasteiger partial charge in [0.15, 0.2) is 0 Å². The van der Waals surface area contributed by atoms with Gasteiger partial charge in [-0.3, -0.25) is 0 Å². The molecule has 0 spiro atoms. The first-order chi connectivity index (χ1) is 12.3. The predicted octanol–water partition coefficient (Wildman–Crippen LogP) is 5.99. The number of para-hydroxylation sites is 1. The van der Waals surface area contributed by atoms with Gasteiger partial charge in [-0.15, -0.1) is 11.3 Å². The van der Waals surface area contributed by atoms with Crippen LogP contribution in [0.15, 0.2) is 58.9 Å². The number of benzene rings is 2. The van der Waals surface area contributed by atoms with Crippen LogP contribution in [0.4, 0.5) is 5.69 Å². The Kier molecular flexibility index (Phi) is 5.10. The monoisotopic (exact) mass is 384 g/mol. The summed E-state index contributed by atoms with van der Waals surface area (Å²) >= 11 is 5.25. The van der Waals surface area contributed by atoms with Crippen molar-refractivity contribution in [1.29, 1.82) is 0 Å². The molecule has 2 heterocycles. The molecule has 1 aliphatic rings. The van der Waals surface area contributed by atoms with Crippen LogP contribution < -0.4 is 4.74 Å². The number of fused-ring (bicyclic) bond motifs is 1. The van der Waals surface area contributed by atoms with E-state index in [2.05, 4.69) is 23.6 Å². The van der Waals surface area contributed by atoms with E-state index < -0.39 is 0 Å². The highest BCUT2D eigenvalue weighted by Gasteiger charge is 2.13. The molecule has 0 saturated carbocycles. The fourth-order valence-electron chi connectivity index (χ4n) is 2.46. The molecule has 0 unspecified atom stereocenters. The second kappa shape index (κ2) is 7.64. The molecule has 0 N–H and O–H groups in total. The number of thioether (sulfide) groups is 2. The highest BCUT2D eigenvalue weighted by Crippen LogP contribution is 2.36. The lowest BCUT2D eigenvalue weighted by atomic mass is 10.2. The molecule has 0 aliphatic carbocycles. The van der Waals surface area contributed by atoms with Crippen molar-refractivity contribution in [3.63, 3.8) is 0 Å². The third-order valence-corrected chi connectivity index (χ3v) is 7.01. The molecule has 0 atom stereocenters. The highest BCUT2D eigenvalue weighted by atomic mass is 32.2. The molecular formula is C19H16N2OS3. The van der Waals surface area contributed by atoms with Gasteiger partial charge in [0.25, 0.3) is 0 Å². The quantitative estimate of drug-likeness (QED) is 0.554. The van der Waals surface area contributed by atoms with E-state index in [0.29, 0.717) is 0 Å². The topological polar surface area (TPSA) is 34.5 Å². The van der Waals surface area contributed by atoms with Crippen LogP contribution in [0.3, 0.4) is 0 Å². The van der Waals surface area contributed by atoms with Crippen molar-refractivity contribution in [2.24, 2.45) is 4.99 Å². The molecule has 0 saturated heterocycles. The van der Waals surface area contributed by atoms with Gasteiger partial charge in [0.1, 0.15) is 15.1 Å². The number of thiazole rings is 1. The number of ether oxygens (including phenoxy) is 1. The van der Waals surface area contributed by atoms with Crippen LogP contribution in [0, 0.1) is 0 Å². The van der Waals surface area contributed by atoms with Crippen LogP contribution in [0.1, 0.15) is 11.3 Å². The summed E-state index contributed by atoms with van der Waals surface area (Å²) in [5, 5.41) is 3.18. The maximum absolute atomic E-state index is 5.21. The van der Waals surface area contributed by atoms with Crippen molar-refractivity contribution in [3.8, 4) is 16.3 Å². The number of hydrogen-bond acceptors (Lipinski definition) is 6. The van der Waals surface area contributed by atoms with E-state index in [1.165, 1.54) is 5.56 Å². The van der Waals surface area contributed by atoms with Gasteiger partial charge in [-0.1, -0.05) is 41.7 Å². The van der Waals surface area contributed by atoms with E-state index in [-0.39, 0.29) is 0 Å². The lowest BCUT2D eigenvalue weighted by Gasteiger charge is -2.13. The van der Waals surface area contributed by atoms with Crippen molar-refractivity contribution in [3.05, 3.63) is 65.2 Å². The summed E-state index contributed by atoms with van der Waals surface area (Å²) in [6.07, 6.45) is 0. The summed E-state index contributed by atoms with van der Waals surface area (Å²) in [6, 6.07) is 16.4. The van der Waals surface area contributed by atoms with Crippen LogP contribution in [0.25, 0.3) is 10.6 Å². The van der Waals surface area contributed by atoms with Gasteiger partial charge >= 0.3 is 0 Å². The largest absolute Gasteiger partial charge is 0.497 e. The number of nitrogens with zero attached hydrogens (tertiary/aromatic N) is 2. The Labute approximate surface area is 159 Å². The molecule has 4 rings (SSSR count). The lowest BCUT2D eigenvalue weighted by Crippen LogP contribution is -1.96. The van der Waals surface area contributed by atoms with Crippen LogP contribution in [0.5, 0.6) is 5.75 Å². The van der Waals surface area contributed by atoms with Crippen LogP contribution in [-0.2, 0) is 11.5 Å². The molecular weight excluding hydrogens is 368 g/mol. The minimum absolute atomic E-state index is 0.848. The minimum Gasteiger partial charge on any atom is -0.497 e. The maximum atomic E-state index is 5.21. The van der Waals surface area contributed by atoms with Crippen molar-refractivity contribution in [2.45, 2.75) is 11.5 Å².